The third kappa shape index (κ3) is 3.16. The molecular weight excluding hydrogens is 367 g/mol. The molecule has 1 N–H and O–H groups in total. The van der Waals surface area contributed by atoms with Crippen molar-refractivity contribution in [3.8, 4) is 11.1 Å². The van der Waals surface area contributed by atoms with E-state index in [4.69, 9.17) is 0 Å². The summed E-state index contributed by atoms with van der Waals surface area (Å²) in [5, 5.41) is 7.42. The molecule has 1 aromatic carbocycles. The van der Waals surface area contributed by atoms with Gasteiger partial charge in [-0.15, -0.1) is 0 Å². The van der Waals surface area contributed by atoms with Gasteiger partial charge in [0.25, 0.3) is 5.91 Å². The summed E-state index contributed by atoms with van der Waals surface area (Å²) >= 11 is 0. The largest absolute Gasteiger partial charge is 0.345 e. The molecule has 4 aromatic rings. The summed E-state index contributed by atoms with van der Waals surface area (Å²) in [6.45, 7) is 1.99. The van der Waals surface area contributed by atoms with Crippen molar-refractivity contribution in [1.82, 2.24) is 19.9 Å². The first-order valence-corrected chi connectivity index (χ1v) is 9.57. The standard InChI is InChI=1S/C23H19FN4O/c1-14-6-7-28-22(8-14)20(13-26-28)23(29)27-21-5-3-16-9-15(2-4-19(16)21)17-10-18(24)12-25-11-17/h2,4,6-13,21H,3,5H2,1H3,(H,27,29)/t21-/m1/s1. The van der Waals surface area contributed by atoms with Crippen LogP contribution in [0.5, 0.6) is 0 Å². The number of carbonyl (C=O) groups excluding carboxylic acids is 1. The summed E-state index contributed by atoms with van der Waals surface area (Å²) in [6.07, 6.45) is 8.03. The maximum atomic E-state index is 13.5. The highest BCUT2D eigenvalue weighted by Crippen LogP contribution is 2.34. The van der Waals surface area contributed by atoms with Gasteiger partial charge in [-0.3, -0.25) is 9.78 Å². The highest BCUT2D eigenvalue weighted by atomic mass is 19.1. The maximum absolute atomic E-state index is 13.5. The molecule has 0 spiro atoms. The average molecular weight is 386 g/mol. The number of hydrogen-bond donors (Lipinski definition) is 1. The summed E-state index contributed by atoms with van der Waals surface area (Å²) in [6, 6.07) is 11.4. The molecular formula is C23H19FN4O. The van der Waals surface area contributed by atoms with Crippen molar-refractivity contribution in [1.29, 1.82) is 0 Å². The van der Waals surface area contributed by atoms with Gasteiger partial charge in [-0.2, -0.15) is 5.10 Å². The van der Waals surface area contributed by atoms with E-state index in [1.165, 1.54) is 17.8 Å². The van der Waals surface area contributed by atoms with Crippen molar-refractivity contribution in [2.24, 2.45) is 0 Å². The number of halogens is 1. The fourth-order valence-electron chi connectivity index (χ4n) is 4.01. The van der Waals surface area contributed by atoms with Crippen molar-refractivity contribution in [2.45, 2.75) is 25.8 Å². The van der Waals surface area contributed by atoms with Crippen LogP contribution in [-0.4, -0.2) is 20.5 Å². The molecule has 0 saturated carbocycles. The van der Waals surface area contributed by atoms with Gasteiger partial charge in [0.2, 0.25) is 0 Å². The molecule has 0 radical (unpaired) electrons. The van der Waals surface area contributed by atoms with Crippen LogP contribution in [0.4, 0.5) is 4.39 Å². The summed E-state index contributed by atoms with van der Waals surface area (Å²) < 4.78 is 15.2. The lowest BCUT2D eigenvalue weighted by Crippen LogP contribution is -2.27. The Hall–Kier alpha value is -3.54. The van der Waals surface area contributed by atoms with Gasteiger partial charge in [-0.25, -0.2) is 8.91 Å². The molecule has 29 heavy (non-hydrogen) atoms. The average Bonchev–Trinajstić information content (AvgIpc) is 3.31. The molecule has 0 fully saturated rings. The minimum Gasteiger partial charge on any atom is -0.345 e. The molecule has 3 aromatic heterocycles. The van der Waals surface area contributed by atoms with Crippen molar-refractivity contribution in [3.05, 3.63) is 89.3 Å². The molecule has 1 aliphatic rings. The summed E-state index contributed by atoms with van der Waals surface area (Å²) in [7, 11) is 0. The number of pyridine rings is 2. The first kappa shape index (κ1) is 17.6. The Balaban J connectivity index is 1.40. The number of nitrogens with one attached hydrogen (secondary N) is 1. The lowest BCUT2D eigenvalue weighted by atomic mass is 10.0. The quantitative estimate of drug-likeness (QED) is 0.572. The normalized spacial score (nSPS) is 15.4. The van der Waals surface area contributed by atoms with E-state index in [9.17, 15) is 9.18 Å². The Kier molecular flexibility index (Phi) is 4.12. The third-order valence-corrected chi connectivity index (χ3v) is 5.49. The molecule has 1 amide bonds. The van der Waals surface area contributed by atoms with Crippen molar-refractivity contribution in [2.75, 3.05) is 0 Å². The van der Waals surface area contributed by atoms with Crippen LogP contribution < -0.4 is 5.32 Å². The number of aromatic nitrogens is 3. The van der Waals surface area contributed by atoms with Crippen LogP contribution in [0.3, 0.4) is 0 Å². The van der Waals surface area contributed by atoms with Crippen LogP contribution in [0.2, 0.25) is 0 Å². The van der Waals surface area contributed by atoms with Gasteiger partial charge < -0.3 is 5.32 Å². The zero-order valence-corrected chi connectivity index (χ0v) is 15.9. The van der Waals surface area contributed by atoms with Gasteiger partial charge in [0.15, 0.2) is 0 Å². The number of benzene rings is 1. The van der Waals surface area contributed by atoms with E-state index >= 15 is 0 Å². The second kappa shape index (κ2) is 6.81. The van der Waals surface area contributed by atoms with E-state index in [0.29, 0.717) is 5.56 Å². The molecule has 0 aliphatic heterocycles. The molecule has 6 heteroatoms. The third-order valence-electron chi connectivity index (χ3n) is 5.49. The molecule has 0 bridgehead atoms. The first-order chi connectivity index (χ1) is 14.1. The Bertz CT molecular complexity index is 1250. The van der Waals surface area contributed by atoms with Gasteiger partial charge in [0.1, 0.15) is 5.82 Å². The van der Waals surface area contributed by atoms with Crippen LogP contribution in [-0.2, 0) is 6.42 Å². The number of fused-ring (bicyclic) bond motifs is 2. The number of hydrogen-bond acceptors (Lipinski definition) is 3. The highest BCUT2D eigenvalue weighted by Gasteiger charge is 2.25. The molecule has 5 rings (SSSR count). The Morgan fingerprint density at radius 2 is 2.03 bits per heavy atom. The Morgan fingerprint density at radius 1 is 1.14 bits per heavy atom. The SMILES string of the molecule is Cc1ccn2ncc(C(=O)N[C@@H]3CCc4cc(-c5cncc(F)c5)ccc43)c2c1. The fraction of sp³-hybridized carbons (Fsp3) is 0.174. The molecule has 1 aliphatic carbocycles. The zero-order valence-electron chi connectivity index (χ0n) is 15.9. The first-order valence-electron chi connectivity index (χ1n) is 9.57. The number of carbonyl (C=O) groups is 1. The van der Waals surface area contributed by atoms with Gasteiger partial charge in [0.05, 0.1) is 29.5 Å². The zero-order chi connectivity index (χ0) is 20.0. The molecule has 144 valence electrons. The minimum atomic E-state index is -0.350. The maximum Gasteiger partial charge on any atom is 0.255 e. The molecule has 0 saturated heterocycles. The van der Waals surface area contributed by atoms with Crippen LogP contribution in [0, 0.1) is 12.7 Å². The van der Waals surface area contributed by atoms with Crippen molar-refractivity contribution in [3.63, 3.8) is 0 Å². The van der Waals surface area contributed by atoms with Crippen LogP contribution >= 0.6 is 0 Å². The van der Waals surface area contributed by atoms with Crippen molar-refractivity contribution < 1.29 is 9.18 Å². The smallest absolute Gasteiger partial charge is 0.255 e. The second-order valence-corrected chi connectivity index (χ2v) is 7.46. The Morgan fingerprint density at radius 3 is 2.90 bits per heavy atom. The number of aryl methyl sites for hydroxylation is 2. The predicted octanol–water partition coefficient (Wildman–Crippen LogP) is 4.26. The van der Waals surface area contributed by atoms with Gasteiger partial charge in [-0.05, 0) is 60.2 Å². The lowest BCUT2D eigenvalue weighted by molar-refractivity contribution is 0.0938. The number of rotatable bonds is 3. The van der Waals surface area contributed by atoms with E-state index < -0.39 is 0 Å². The molecule has 5 nitrogen and oxygen atoms in total. The second-order valence-electron chi connectivity index (χ2n) is 7.46. The molecule has 3 heterocycles. The lowest BCUT2D eigenvalue weighted by Gasteiger charge is -2.14. The Labute approximate surface area is 167 Å². The summed E-state index contributed by atoms with van der Waals surface area (Å²) in [5.74, 6) is -0.473. The van der Waals surface area contributed by atoms with Crippen molar-refractivity contribution >= 4 is 11.4 Å². The van der Waals surface area contributed by atoms with E-state index in [0.717, 1.165) is 40.6 Å². The summed E-state index contributed by atoms with van der Waals surface area (Å²) in [5.41, 5.74) is 6.42. The number of amides is 1. The molecule has 0 unspecified atom stereocenters. The van der Waals surface area contributed by atoms with E-state index in [1.807, 2.05) is 37.4 Å². The minimum absolute atomic E-state index is 0.0445. The monoisotopic (exact) mass is 386 g/mol. The van der Waals surface area contributed by atoms with Gasteiger partial charge in [-0.1, -0.05) is 18.2 Å². The van der Waals surface area contributed by atoms with E-state index in [-0.39, 0.29) is 17.8 Å². The van der Waals surface area contributed by atoms with Gasteiger partial charge >= 0.3 is 0 Å². The van der Waals surface area contributed by atoms with Crippen LogP contribution in [0.15, 0.2) is 61.2 Å². The molecule has 1 atom stereocenters. The number of nitrogens with zero attached hydrogens (tertiary/aromatic N) is 3. The van der Waals surface area contributed by atoms with E-state index in [1.54, 1.807) is 16.9 Å². The highest BCUT2D eigenvalue weighted by molar-refractivity contribution is 6.00. The van der Waals surface area contributed by atoms with Gasteiger partial charge in [0, 0.05) is 18.0 Å². The van der Waals surface area contributed by atoms with E-state index in [2.05, 4.69) is 21.5 Å². The predicted molar refractivity (Wildman–Crippen MR) is 108 cm³/mol. The van der Waals surface area contributed by atoms with Crippen LogP contribution in [0.25, 0.3) is 16.6 Å². The fourth-order valence-corrected chi connectivity index (χ4v) is 4.01. The van der Waals surface area contributed by atoms with Crippen LogP contribution in [0.1, 0.15) is 39.5 Å². The topological polar surface area (TPSA) is 59.3 Å². The summed E-state index contributed by atoms with van der Waals surface area (Å²) in [4.78, 5) is 16.8.